The van der Waals surface area contributed by atoms with Gasteiger partial charge in [-0.1, -0.05) is 21.4 Å². The summed E-state index contributed by atoms with van der Waals surface area (Å²) >= 11 is 1.33. The Kier molecular flexibility index (Phi) is 3.25. The Morgan fingerprint density at radius 2 is 2.41 bits per heavy atom. The van der Waals surface area contributed by atoms with Crippen molar-refractivity contribution >= 4 is 23.2 Å². The Morgan fingerprint density at radius 3 is 3.06 bits per heavy atom. The summed E-state index contributed by atoms with van der Waals surface area (Å²) in [5.74, 6) is 0.320. The maximum absolute atomic E-state index is 10.7. The fourth-order valence-corrected chi connectivity index (χ4v) is 1.97. The molecule has 0 saturated carbocycles. The molecular weight excluding hydrogens is 244 g/mol. The Hall–Kier alpha value is -1.67. The average Bonchev–Trinajstić information content (AvgIpc) is 2.69. The number of nitrogens with zero attached hydrogens (tertiary/aromatic N) is 4. The van der Waals surface area contributed by atoms with E-state index in [4.69, 9.17) is 5.11 Å². The van der Waals surface area contributed by atoms with Crippen molar-refractivity contribution < 1.29 is 10.0 Å². The summed E-state index contributed by atoms with van der Waals surface area (Å²) in [4.78, 5) is 14.1. The van der Waals surface area contributed by atoms with Crippen LogP contribution in [0.5, 0.6) is 0 Å². The molecule has 0 aromatic carbocycles. The van der Waals surface area contributed by atoms with Gasteiger partial charge in [-0.2, -0.15) is 0 Å². The summed E-state index contributed by atoms with van der Waals surface area (Å²) < 4.78 is 1.18. The van der Waals surface area contributed by atoms with Crippen molar-refractivity contribution in [3.63, 3.8) is 0 Å². The van der Waals surface area contributed by atoms with Crippen LogP contribution in [0.2, 0.25) is 0 Å². The number of hydrogen-bond donors (Lipinski definition) is 1. The van der Waals surface area contributed by atoms with Gasteiger partial charge in [-0.05, 0) is 17.9 Å². The third kappa shape index (κ3) is 2.53. The Labute approximate surface area is 101 Å². The zero-order valence-electron chi connectivity index (χ0n) is 8.98. The molecule has 17 heavy (non-hydrogen) atoms. The summed E-state index contributed by atoms with van der Waals surface area (Å²) in [6.45, 7) is 1.67. The molecule has 0 aliphatic rings. The molecule has 8 heteroatoms. The monoisotopic (exact) mass is 254 g/mol. The molecule has 90 valence electrons. The van der Waals surface area contributed by atoms with Gasteiger partial charge in [-0.3, -0.25) is 0 Å². The number of rotatable bonds is 4. The second-order valence-corrected chi connectivity index (χ2v) is 4.52. The van der Waals surface area contributed by atoms with E-state index in [-0.39, 0.29) is 5.82 Å². The number of hydrogen-bond acceptors (Lipinski definition) is 6. The fourth-order valence-electron chi connectivity index (χ4n) is 1.25. The lowest BCUT2D eigenvalue weighted by atomic mass is 10.5. The largest absolute Gasteiger partial charge is 0.393 e. The van der Waals surface area contributed by atoms with Crippen LogP contribution in [0.3, 0.4) is 0 Å². The quantitative estimate of drug-likeness (QED) is 0.499. The van der Waals surface area contributed by atoms with Crippen LogP contribution < -0.4 is 0 Å². The molecule has 1 unspecified atom stereocenters. The van der Waals surface area contributed by atoms with Crippen molar-refractivity contribution in [1.29, 1.82) is 0 Å². The van der Waals surface area contributed by atoms with E-state index < -0.39 is 11.0 Å². The molecule has 2 heterocycles. The number of nitro groups is 1. The molecule has 2 rings (SSSR count). The summed E-state index contributed by atoms with van der Waals surface area (Å²) in [6, 6.07) is 3.38. The van der Waals surface area contributed by atoms with E-state index in [1.165, 1.54) is 22.5 Å². The highest BCUT2D eigenvalue weighted by molar-refractivity contribution is 7.99. The van der Waals surface area contributed by atoms with Crippen molar-refractivity contribution in [2.24, 2.45) is 0 Å². The van der Waals surface area contributed by atoms with Gasteiger partial charge < -0.3 is 15.2 Å². The van der Waals surface area contributed by atoms with Crippen LogP contribution in [0.1, 0.15) is 6.92 Å². The predicted molar refractivity (Wildman–Crippen MR) is 62.0 cm³/mol. The third-order valence-electron chi connectivity index (χ3n) is 1.98. The van der Waals surface area contributed by atoms with Crippen LogP contribution in [-0.4, -0.2) is 36.5 Å². The molecule has 2 aromatic rings. The zero-order valence-corrected chi connectivity index (χ0v) is 9.79. The lowest BCUT2D eigenvalue weighted by molar-refractivity contribution is -0.391. The number of aromatic nitrogens is 3. The summed E-state index contributed by atoms with van der Waals surface area (Å²) in [6.07, 6.45) is 0.723. The number of imidazole rings is 1. The molecule has 0 bridgehead atoms. The molecule has 0 radical (unpaired) electrons. The number of aliphatic hydroxyl groups is 1. The molecule has 0 aliphatic heterocycles. The van der Waals surface area contributed by atoms with Gasteiger partial charge in [0.05, 0.1) is 6.10 Å². The topological polar surface area (TPSA) is 93.6 Å². The van der Waals surface area contributed by atoms with E-state index in [0.29, 0.717) is 16.4 Å². The third-order valence-corrected chi connectivity index (χ3v) is 3.14. The summed E-state index contributed by atoms with van der Waals surface area (Å²) in [5.41, 5.74) is 0.429. The van der Waals surface area contributed by atoms with Crippen LogP contribution in [0.15, 0.2) is 23.4 Å². The normalized spacial score (nSPS) is 12.8. The minimum absolute atomic E-state index is 0.167. The van der Waals surface area contributed by atoms with Crippen LogP contribution in [0, 0.1) is 10.1 Å². The van der Waals surface area contributed by atoms with E-state index in [0.717, 1.165) is 0 Å². The van der Waals surface area contributed by atoms with E-state index in [1.807, 2.05) is 0 Å². The van der Waals surface area contributed by atoms with E-state index in [1.54, 1.807) is 19.1 Å². The number of thioether (sulfide) groups is 1. The van der Waals surface area contributed by atoms with Crippen molar-refractivity contribution in [1.82, 2.24) is 14.6 Å². The molecule has 0 saturated heterocycles. The van der Waals surface area contributed by atoms with Crippen LogP contribution >= 0.6 is 11.8 Å². The summed E-state index contributed by atoms with van der Waals surface area (Å²) in [7, 11) is 0. The molecule has 0 spiro atoms. The van der Waals surface area contributed by atoms with Crippen molar-refractivity contribution in [2.75, 3.05) is 5.75 Å². The second kappa shape index (κ2) is 4.68. The molecule has 7 nitrogen and oxygen atoms in total. The molecule has 0 fully saturated rings. The Morgan fingerprint density at radius 1 is 1.65 bits per heavy atom. The highest BCUT2D eigenvalue weighted by Crippen LogP contribution is 2.19. The molecule has 0 amide bonds. The standard InChI is InChI=1S/C9H10N4O3S/c1-6(14)5-17-8-3-2-7-10-4-9(13(15)16)12(7)11-8/h2-4,6,14H,5H2,1H3. The van der Waals surface area contributed by atoms with Crippen LogP contribution in [-0.2, 0) is 0 Å². The van der Waals surface area contributed by atoms with Gasteiger partial charge >= 0.3 is 5.82 Å². The summed E-state index contributed by atoms with van der Waals surface area (Å²) in [5, 5.41) is 24.6. The van der Waals surface area contributed by atoms with Gasteiger partial charge in [0.25, 0.3) is 0 Å². The molecule has 1 atom stereocenters. The average molecular weight is 254 g/mol. The van der Waals surface area contributed by atoms with Gasteiger partial charge in [0.1, 0.15) is 11.2 Å². The van der Waals surface area contributed by atoms with Crippen molar-refractivity contribution in [3.05, 3.63) is 28.4 Å². The highest BCUT2D eigenvalue weighted by Gasteiger charge is 2.16. The van der Waals surface area contributed by atoms with Crippen LogP contribution in [0.4, 0.5) is 5.82 Å². The van der Waals surface area contributed by atoms with Crippen LogP contribution in [0.25, 0.3) is 5.65 Å². The number of fused-ring (bicyclic) bond motifs is 1. The first-order chi connectivity index (χ1) is 8.08. The first kappa shape index (κ1) is 11.8. The van der Waals surface area contributed by atoms with Gasteiger partial charge in [-0.25, -0.2) is 4.98 Å². The van der Waals surface area contributed by atoms with E-state index >= 15 is 0 Å². The first-order valence-electron chi connectivity index (χ1n) is 4.88. The molecule has 2 aromatic heterocycles. The first-order valence-corrected chi connectivity index (χ1v) is 5.86. The zero-order chi connectivity index (χ0) is 12.4. The number of aliphatic hydroxyl groups excluding tert-OH is 1. The highest BCUT2D eigenvalue weighted by atomic mass is 32.2. The van der Waals surface area contributed by atoms with Gasteiger partial charge in [-0.15, -0.1) is 0 Å². The van der Waals surface area contributed by atoms with Gasteiger partial charge in [0.15, 0.2) is 0 Å². The molecule has 0 aliphatic carbocycles. The maximum Gasteiger partial charge on any atom is 0.368 e. The predicted octanol–water partition coefficient (Wildman–Crippen LogP) is 1.11. The Balaban J connectivity index is 2.34. The van der Waals surface area contributed by atoms with Gasteiger partial charge in [0, 0.05) is 11.8 Å². The van der Waals surface area contributed by atoms with E-state index in [9.17, 15) is 10.1 Å². The fraction of sp³-hybridized carbons (Fsp3) is 0.333. The van der Waals surface area contributed by atoms with Crippen molar-refractivity contribution in [2.45, 2.75) is 18.1 Å². The lowest BCUT2D eigenvalue weighted by Crippen LogP contribution is -2.04. The maximum atomic E-state index is 10.7. The van der Waals surface area contributed by atoms with Crippen molar-refractivity contribution in [3.8, 4) is 0 Å². The minimum Gasteiger partial charge on any atom is -0.393 e. The molecule has 1 N–H and O–H groups in total. The minimum atomic E-state index is -0.532. The lowest BCUT2D eigenvalue weighted by Gasteiger charge is -2.01. The molecular formula is C9H10N4O3S. The van der Waals surface area contributed by atoms with E-state index in [2.05, 4.69) is 10.1 Å². The second-order valence-electron chi connectivity index (χ2n) is 3.48. The van der Waals surface area contributed by atoms with Gasteiger partial charge in [0.2, 0.25) is 5.65 Å². The Bertz CT molecular complexity index is 554. The SMILES string of the molecule is CC(O)CSc1ccc2ncc([N+](=O)[O-])n2n1. The smallest absolute Gasteiger partial charge is 0.368 e.